The number of hydrogen-bond donors (Lipinski definition) is 1. The van der Waals surface area contributed by atoms with E-state index >= 15 is 0 Å². The summed E-state index contributed by atoms with van der Waals surface area (Å²) in [5, 5.41) is 0. The van der Waals surface area contributed by atoms with Crippen LogP contribution in [0.1, 0.15) is 168 Å². The number of esters is 2. The quantitative estimate of drug-likeness (QED) is 0.0223. The van der Waals surface area contributed by atoms with Gasteiger partial charge < -0.3 is 18.9 Å². The molecule has 0 amide bonds. The second-order valence-corrected chi connectivity index (χ2v) is 16.1. The number of likely N-dealkylation sites (N-methyl/N-ethyl adjacent to an activating group) is 1. The highest BCUT2D eigenvalue weighted by atomic mass is 31.2. The monoisotopic (exact) mass is 731 g/mol. The summed E-state index contributed by atoms with van der Waals surface area (Å²) in [5.41, 5.74) is 0. The third-order valence-electron chi connectivity index (χ3n) is 8.44. The lowest BCUT2D eigenvalue weighted by atomic mass is 10.1. The topological polar surface area (TPSA) is 108 Å². The Bertz CT molecular complexity index is 866. The number of quaternary nitrogens is 1. The van der Waals surface area contributed by atoms with Gasteiger partial charge in [0, 0.05) is 12.8 Å². The molecule has 9 nitrogen and oxygen atoms in total. The maximum absolute atomic E-state index is 12.6. The van der Waals surface area contributed by atoms with Crippen LogP contribution in [0.3, 0.4) is 0 Å². The van der Waals surface area contributed by atoms with Crippen molar-refractivity contribution in [2.75, 3.05) is 47.5 Å². The molecule has 0 saturated carbocycles. The van der Waals surface area contributed by atoms with E-state index in [1.807, 2.05) is 21.1 Å². The normalized spacial score (nSPS) is 14.0. The molecule has 0 bridgehead atoms. The molecule has 50 heavy (non-hydrogen) atoms. The van der Waals surface area contributed by atoms with Gasteiger partial charge in [-0.25, -0.2) is 4.57 Å². The van der Waals surface area contributed by atoms with Crippen molar-refractivity contribution >= 4 is 19.8 Å². The number of nitrogens with zero attached hydrogens (tertiary/aromatic N) is 1. The van der Waals surface area contributed by atoms with Crippen LogP contribution in [0.25, 0.3) is 0 Å². The van der Waals surface area contributed by atoms with Crippen molar-refractivity contribution < 1.29 is 42.1 Å². The van der Waals surface area contributed by atoms with Crippen LogP contribution in [0.4, 0.5) is 0 Å². The lowest BCUT2D eigenvalue weighted by molar-refractivity contribution is -0.870. The van der Waals surface area contributed by atoms with Gasteiger partial charge in [0.1, 0.15) is 32.5 Å². The summed E-state index contributed by atoms with van der Waals surface area (Å²) in [6, 6.07) is 0. The zero-order chi connectivity index (χ0) is 37.2. The van der Waals surface area contributed by atoms with Crippen molar-refractivity contribution in [3.8, 4) is 0 Å². The number of unbranched alkanes of at least 4 members (excludes halogenated alkanes) is 18. The van der Waals surface area contributed by atoms with E-state index in [2.05, 4.69) is 38.2 Å². The molecular weight excluding hydrogens is 653 g/mol. The van der Waals surface area contributed by atoms with Crippen LogP contribution in [-0.4, -0.2) is 74.9 Å². The summed E-state index contributed by atoms with van der Waals surface area (Å²) >= 11 is 0. The fraction of sp³-hybridized carbons (Fsp3) is 0.850. The average molecular weight is 731 g/mol. The van der Waals surface area contributed by atoms with Gasteiger partial charge in [-0.15, -0.1) is 0 Å². The number of hydrogen-bond acceptors (Lipinski definition) is 7. The summed E-state index contributed by atoms with van der Waals surface area (Å²) in [7, 11) is 1.37. The second-order valence-electron chi connectivity index (χ2n) is 14.7. The van der Waals surface area contributed by atoms with E-state index in [4.69, 9.17) is 18.5 Å². The number of carbonyl (C=O) groups excluding carboxylic acids is 2. The maximum Gasteiger partial charge on any atom is 0.472 e. The highest BCUT2D eigenvalue weighted by Crippen LogP contribution is 2.44. The van der Waals surface area contributed by atoms with Crippen LogP contribution < -0.4 is 0 Å². The minimum atomic E-state index is -4.46. The van der Waals surface area contributed by atoms with Crippen LogP contribution in [0.15, 0.2) is 24.3 Å². The van der Waals surface area contributed by atoms with Crippen molar-refractivity contribution in [1.29, 1.82) is 0 Å². The van der Waals surface area contributed by atoms with Gasteiger partial charge in [-0.2, -0.15) is 0 Å². The standard InChI is InChI=1S/C40H76NO8P/c1-6-8-10-12-14-16-18-20-22-24-26-28-30-32-39(42)46-36-38(49-50(44,45)48-35-34-41(3,4)5)37-47-40(43)33-31-29-27-25-23-21-19-17-15-13-11-9-7-2/h16-19,38H,6-15,20-37H2,1-5H3/p+1. The minimum absolute atomic E-state index is 0.00818. The van der Waals surface area contributed by atoms with Crippen molar-refractivity contribution in [2.45, 2.75) is 174 Å². The number of phosphoric ester groups is 1. The van der Waals surface area contributed by atoms with Gasteiger partial charge in [-0.3, -0.25) is 18.6 Å². The molecule has 0 aliphatic rings. The maximum atomic E-state index is 12.6. The largest absolute Gasteiger partial charge is 0.472 e. The van der Waals surface area contributed by atoms with Gasteiger partial charge in [0.25, 0.3) is 0 Å². The third-order valence-corrected chi connectivity index (χ3v) is 9.52. The Balaban J connectivity index is 4.40. The summed E-state index contributed by atoms with van der Waals surface area (Å²) in [5.74, 6) is -0.811. The SMILES string of the molecule is CCCCCCC=CCCCCCCCC(=O)OCC(COC(=O)CCCCCCCC=CCCCCCC)OP(=O)(O)OCC[N+](C)(C)C. The predicted molar refractivity (Wildman–Crippen MR) is 206 cm³/mol. The van der Waals surface area contributed by atoms with Crippen LogP contribution in [-0.2, 0) is 32.7 Å². The predicted octanol–water partition coefficient (Wildman–Crippen LogP) is 10.8. The van der Waals surface area contributed by atoms with Crippen molar-refractivity contribution in [1.82, 2.24) is 0 Å². The van der Waals surface area contributed by atoms with Crippen LogP contribution >= 0.6 is 7.82 Å². The average Bonchev–Trinajstić information content (AvgIpc) is 3.05. The van der Waals surface area contributed by atoms with E-state index < -0.39 is 25.9 Å². The van der Waals surface area contributed by atoms with Crippen molar-refractivity contribution in [2.24, 2.45) is 0 Å². The number of rotatable bonds is 36. The first-order chi connectivity index (χ1) is 24.0. The van der Waals surface area contributed by atoms with Gasteiger partial charge in [0.15, 0.2) is 0 Å². The van der Waals surface area contributed by atoms with E-state index in [1.54, 1.807) is 0 Å². The molecule has 0 heterocycles. The minimum Gasteiger partial charge on any atom is -0.463 e. The molecule has 0 aromatic heterocycles. The van der Waals surface area contributed by atoms with Crippen molar-refractivity contribution in [3.63, 3.8) is 0 Å². The lowest BCUT2D eigenvalue weighted by Crippen LogP contribution is -2.37. The molecule has 0 aliphatic heterocycles. The Morgan fingerprint density at radius 1 is 0.600 bits per heavy atom. The highest BCUT2D eigenvalue weighted by molar-refractivity contribution is 7.47. The molecule has 1 unspecified atom stereocenters. The van der Waals surface area contributed by atoms with E-state index in [-0.39, 0.29) is 32.7 Å². The Hall–Kier alpha value is -1.51. The molecule has 0 rings (SSSR count). The molecule has 0 radical (unpaired) electrons. The Labute approximate surface area is 307 Å². The van der Waals surface area contributed by atoms with Gasteiger partial charge in [0.2, 0.25) is 0 Å². The second kappa shape index (κ2) is 33.3. The third kappa shape index (κ3) is 36.3. The van der Waals surface area contributed by atoms with Crippen LogP contribution in [0.2, 0.25) is 0 Å². The van der Waals surface area contributed by atoms with E-state index in [1.165, 1.54) is 64.2 Å². The summed E-state index contributed by atoms with van der Waals surface area (Å²) in [6.07, 6.45) is 33.5. The van der Waals surface area contributed by atoms with Gasteiger partial charge in [-0.1, -0.05) is 115 Å². The molecule has 0 saturated heterocycles. The van der Waals surface area contributed by atoms with Crippen molar-refractivity contribution in [3.05, 3.63) is 24.3 Å². The fourth-order valence-corrected chi connectivity index (χ4v) is 6.12. The smallest absolute Gasteiger partial charge is 0.463 e. The highest BCUT2D eigenvalue weighted by Gasteiger charge is 2.29. The summed E-state index contributed by atoms with van der Waals surface area (Å²) in [4.78, 5) is 35.1. The summed E-state index contributed by atoms with van der Waals surface area (Å²) < 4.78 is 34.4. The Kier molecular flexibility index (Phi) is 32.3. The zero-order valence-corrected chi connectivity index (χ0v) is 33.8. The fourth-order valence-electron chi connectivity index (χ4n) is 5.25. The molecular formula is C40H77NO8P+. The molecule has 294 valence electrons. The first-order valence-electron chi connectivity index (χ1n) is 20.1. The Morgan fingerprint density at radius 3 is 1.34 bits per heavy atom. The molecule has 10 heteroatoms. The van der Waals surface area contributed by atoms with E-state index in [0.29, 0.717) is 11.0 Å². The first kappa shape index (κ1) is 48.5. The lowest BCUT2D eigenvalue weighted by Gasteiger charge is -2.25. The van der Waals surface area contributed by atoms with Crippen LogP contribution in [0.5, 0.6) is 0 Å². The van der Waals surface area contributed by atoms with Gasteiger partial charge in [-0.05, 0) is 64.2 Å². The molecule has 0 fully saturated rings. The van der Waals surface area contributed by atoms with Gasteiger partial charge in [0.05, 0.1) is 21.1 Å². The zero-order valence-electron chi connectivity index (χ0n) is 32.9. The molecule has 0 aliphatic carbocycles. The van der Waals surface area contributed by atoms with E-state index in [0.717, 1.165) is 77.0 Å². The molecule has 1 N–H and O–H groups in total. The number of carbonyl (C=O) groups is 2. The molecule has 1 atom stereocenters. The molecule has 0 aromatic carbocycles. The molecule has 0 spiro atoms. The summed E-state index contributed by atoms with van der Waals surface area (Å²) in [6.45, 7) is 4.37. The van der Waals surface area contributed by atoms with Crippen LogP contribution in [0, 0.1) is 0 Å². The van der Waals surface area contributed by atoms with E-state index in [9.17, 15) is 19.0 Å². The molecule has 0 aromatic rings. The first-order valence-corrected chi connectivity index (χ1v) is 21.6. The van der Waals surface area contributed by atoms with Gasteiger partial charge >= 0.3 is 19.8 Å². The Morgan fingerprint density at radius 2 is 0.960 bits per heavy atom. The number of ether oxygens (including phenoxy) is 2. The number of phosphoric acid groups is 1. The number of allylic oxidation sites excluding steroid dienone is 4.